The minimum Gasteiger partial charge on any atom is -0.432 e. The highest BCUT2D eigenvalue weighted by molar-refractivity contribution is 7.09. The number of benzene rings is 1. The van der Waals surface area contributed by atoms with E-state index in [1.807, 2.05) is 21.9 Å². The van der Waals surface area contributed by atoms with Gasteiger partial charge < -0.3 is 9.73 Å². The molecule has 138 valence electrons. The van der Waals surface area contributed by atoms with E-state index >= 15 is 0 Å². The SMILES string of the molecule is Fc1ccc(-c2nc3occn3c2-c2ccnc(NCc3cccs3)n2)cc1. The van der Waals surface area contributed by atoms with Gasteiger partial charge in [0.2, 0.25) is 5.95 Å². The first kappa shape index (κ1) is 16.6. The molecule has 1 N–H and O–H groups in total. The maximum Gasteiger partial charge on any atom is 0.306 e. The lowest BCUT2D eigenvalue weighted by Crippen LogP contribution is -2.03. The summed E-state index contributed by atoms with van der Waals surface area (Å²) in [6.07, 6.45) is 5.05. The molecule has 6 nitrogen and oxygen atoms in total. The second-order valence-electron chi connectivity index (χ2n) is 6.07. The van der Waals surface area contributed by atoms with Crippen molar-refractivity contribution in [3.63, 3.8) is 0 Å². The van der Waals surface area contributed by atoms with Gasteiger partial charge in [-0.25, -0.2) is 14.4 Å². The molecule has 0 unspecified atom stereocenters. The minimum atomic E-state index is -0.296. The molecule has 0 aliphatic carbocycles. The van der Waals surface area contributed by atoms with Crippen molar-refractivity contribution in [2.45, 2.75) is 6.54 Å². The molecule has 0 aliphatic heterocycles. The summed E-state index contributed by atoms with van der Waals surface area (Å²) < 4.78 is 20.6. The van der Waals surface area contributed by atoms with E-state index in [4.69, 9.17) is 4.42 Å². The predicted molar refractivity (Wildman–Crippen MR) is 106 cm³/mol. The third kappa shape index (κ3) is 3.03. The summed E-state index contributed by atoms with van der Waals surface area (Å²) in [5.74, 6) is 0.672. The van der Waals surface area contributed by atoms with Crippen LogP contribution in [0.5, 0.6) is 0 Å². The molecule has 4 aromatic heterocycles. The van der Waals surface area contributed by atoms with Gasteiger partial charge in [-0.1, -0.05) is 6.07 Å². The standard InChI is InChI=1S/C20H14FN5OS/c21-14-5-3-13(4-6-14)17-18(26-9-10-27-20(26)25-17)16-7-8-22-19(24-16)23-12-15-2-1-11-28-15/h1-11H,12H2,(H,22,23,24). The van der Waals surface area contributed by atoms with Crippen LogP contribution in [0.4, 0.5) is 10.3 Å². The molecule has 0 bridgehead atoms. The third-order valence-corrected chi connectivity index (χ3v) is 5.16. The molecule has 0 saturated heterocycles. The van der Waals surface area contributed by atoms with Crippen molar-refractivity contribution in [2.75, 3.05) is 5.32 Å². The summed E-state index contributed by atoms with van der Waals surface area (Å²) in [6, 6.07) is 12.1. The molecular formula is C20H14FN5OS. The smallest absolute Gasteiger partial charge is 0.306 e. The van der Waals surface area contributed by atoms with Crippen molar-refractivity contribution in [1.29, 1.82) is 0 Å². The summed E-state index contributed by atoms with van der Waals surface area (Å²) in [4.78, 5) is 14.7. The van der Waals surface area contributed by atoms with Crippen LogP contribution in [0.1, 0.15) is 4.88 Å². The number of hydrogen-bond acceptors (Lipinski definition) is 6. The fourth-order valence-electron chi connectivity index (χ4n) is 2.99. The lowest BCUT2D eigenvalue weighted by molar-refractivity contribution is 0.596. The first-order valence-electron chi connectivity index (χ1n) is 8.59. The maximum absolute atomic E-state index is 13.4. The fraction of sp³-hybridized carbons (Fsp3) is 0.0500. The molecule has 0 spiro atoms. The zero-order chi connectivity index (χ0) is 18.9. The van der Waals surface area contributed by atoms with E-state index in [0.29, 0.717) is 29.7 Å². The molecule has 0 aliphatic rings. The molecule has 5 rings (SSSR count). The van der Waals surface area contributed by atoms with E-state index in [1.54, 1.807) is 42.1 Å². The van der Waals surface area contributed by atoms with Gasteiger partial charge in [-0.15, -0.1) is 11.3 Å². The number of anilines is 1. The van der Waals surface area contributed by atoms with Crippen LogP contribution in [-0.2, 0) is 6.54 Å². The summed E-state index contributed by atoms with van der Waals surface area (Å²) in [5, 5.41) is 5.28. The van der Waals surface area contributed by atoms with Gasteiger partial charge in [-0.3, -0.25) is 4.40 Å². The fourth-order valence-corrected chi connectivity index (χ4v) is 3.64. The van der Waals surface area contributed by atoms with E-state index in [0.717, 1.165) is 11.3 Å². The van der Waals surface area contributed by atoms with Gasteiger partial charge in [-0.05, 0) is 41.8 Å². The second-order valence-corrected chi connectivity index (χ2v) is 7.10. The van der Waals surface area contributed by atoms with Crippen LogP contribution in [0.3, 0.4) is 0 Å². The van der Waals surface area contributed by atoms with Gasteiger partial charge in [0.15, 0.2) is 0 Å². The summed E-state index contributed by atoms with van der Waals surface area (Å²) in [5.41, 5.74) is 2.90. The van der Waals surface area contributed by atoms with Crippen LogP contribution in [0, 0.1) is 5.82 Å². The number of rotatable bonds is 5. The van der Waals surface area contributed by atoms with E-state index in [1.165, 1.54) is 17.0 Å². The number of nitrogens with zero attached hydrogens (tertiary/aromatic N) is 4. The van der Waals surface area contributed by atoms with Crippen molar-refractivity contribution in [3.8, 4) is 22.6 Å². The summed E-state index contributed by atoms with van der Waals surface area (Å²) >= 11 is 1.67. The van der Waals surface area contributed by atoms with Crippen molar-refractivity contribution in [3.05, 3.63) is 77.2 Å². The van der Waals surface area contributed by atoms with Crippen LogP contribution in [-0.4, -0.2) is 19.4 Å². The first-order chi connectivity index (χ1) is 13.8. The number of aromatic nitrogens is 4. The quantitative estimate of drug-likeness (QED) is 0.463. The third-order valence-electron chi connectivity index (χ3n) is 4.28. The second kappa shape index (κ2) is 6.90. The first-order valence-corrected chi connectivity index (χ1v) is 9.47. The van der Waals surface area contributed by atoms with Crippen LogP contribution < -0.4 is 5.32 Å². The van der Waals surface area contributed by atoms with E-state index in [9.17, 15) is 4.39 Å². The Bertz CT molecular complexity index is 1230. The Morgan fingerprint density at radius 3 is 2.82 bits per heavy atom. The van der Waals surface area contributed by atoms with Gasteiger partial charge >= 0.3 is 5.84 Å². The number of thiophene rings is 1. The Morgan fingerprint density at radius 1 is 1.11 bits per heavy atom. The van der Waals surface area contributed by atoms with Crippen LogP contribution in [0.2, 0.25) is 0 Å². The zero-order valence-corrected chi connectivity index (χ0v) is 15.4. The van der Waals surface area contributed by atoms with Gasteiger partial charge in [0.05, 0.1) is 12.2 Å². The largest absolute Gasteiger partial charge is 0.432 e. The van der Waals surface area contributed by atoms with Crippen LogP contribution in [0.25, 0.3) is 28.5 Å². The molecule has 4 heterocycles. The van der Waals surface area contributed by atoms with E-state index in [2.05, 4.69) is 26.3 Å². The lowest BCUT2D eigenvalue weighted by atomic mass is 10.1. The Kier molecular flexibility index (Phi) is 4.10. The van der Waals surface area contributed by atoms with Crippen LogP contribution >= 0.6 is 11.3 Å². The van der Waals surface area contributed by atoms with E-state index < -0.39 is 0 Å². The number of oxazole rings is 1. The Labute approximate surface area is 163 Å². The topological polar surface area (TPSA) is 68.2 Å². The number of imidazole rings is 1. The van der Waals surface area contributed by atoms with Gasteiger partial charge in [0.1, 0.15) is 23.5 Å². The maximum atomic E-state index is 13.4. The molecule has 0 saturated carbocycles. The summed E-state index contributed by atoms with van der Waals surface area (Å²) in [7, 11) is 0. The highest BCUT2D eigenvalue weighted by Gasteiger charge is 2.19. The highest BCUT2D eigenvalue weighted by Crippen LogP contribution is 2.32. The zero-order valence-electron chi connectivity index (χ0n) is 14.5. The molecule has 28 heavy (non-hydrogen) atoms. The molecule has 0 amide bonds. The number of nitrogens with one attached hydrogen (secondary N) is 1. The Balaban J connectivity index is 1.57. The molecule has 0 fully saturated rings. The number of fused-ring (bicyclic) bond motifs is 1. The Morgan fingerprint density at radius 2 is 2.00 bits per heavy atom. The van der Waals surface area contributed by atoms with Crippen molar-refractivity contribution < 1.29 is 8.81 Å². The Hall–Kier alpha value is -3.52. The average Bonchev–Trinajstić information content (AvgIpc) is 3.44. The molecule has 0 atom stereocenters. The number of hydrogen-bond donors (Lipinski definition) is 1. The van der Waals surface area contributed by atoms with Crippen molar-refractivity contribution in [2.24, 2.45) is 0 Å². The molecular weight excluding hydrogens is 377 g/mol. The average molecular weight is 391 g/mol. The molecule has 5 aromatic rings. The van der Waals surface area contributed by atoms with Gasteiger partial charge in [-0.2, -0.15) is 4.98 Å². The van der Waals surface area contributed by atoms with E-state index in [-0.39, 0.29) is 5.82 Å². The van der Waals surface area contributed by atoms with Crippen molar-refractivity contribution in [1.82, 2.24) is 19.4 Å². The van der Waals surface area contributed by atoms with Gasteiger partial charge in [0.25, 0.3) is 0 Å². The predicted octanol–water partition coefficient (Wildman–Crippen LogP) is 4.86. The minimum absolute atomic E-state index is 0.296. The number of halogens is 1. The summed E-state index contributed by atoms with van der Waals surface area (Å²) in [6.45, 7) is 0.652. The monoisotopic (exact) mass is 391 g/mol. The molecule has 8 heteroatoms. The van der Waals surface area contributed by atoms with Crippen LogP contribution in [0.15, 0.2) is 70.9 Å². The molecule has 1 aromatic carbocycles. The lowest BCUT2D eigenvalue weighted by Gasteiger charge is -2.07. The normalized spacial score (nSPS) is 11.2. The highest BCUT2D eigenvalue weighted by atomic mass is 32.1. The van der Waals surface area contributed by atoms with Crippen molar-refractivity contribution >= 4 is 23.1 Å². The molecule has 0 radical (unpaired) electrons. The van der Waals surface area contributed by atoms with Gasteiger partial charge in [0, 0.05) is 22.8 Å².